The molecule has 3 aromatic rings. The van der Waals surface area contributed by atoms with E-state index >= 15 is 0 Å². The number of nitrogens with zero attached hydrogens (tertiary/aromatic N) is 3. The van der Waals surface area contributed by atoms with Gasteiger partial charge in [0.1, 0.15) is 0 Å². The number of aryl methyl sites for hydroxylation is 1. The van der Waals surface area contributed by atoms with Gasteiger partial charge in [0.2, 0.25) is 0 Å². The molecule has 0 aliphatic carbocycles. The van der Waals surface area contributed by atoms with Crippen molar-refractivity contribution in [2.24, 2.45) is 0 Å². The number of hydrogen-bond acceptors (Lipinski definition) is 4. The van der Waals surface area contributed by atoms with Crippen LogP contribution in [0, 0.1) is 6.92 Å². The van der Waals surface area contributed by atoms with Crippen LogP contribution >= 0.6 is 11.6 Å². The number of para-hydroxylation sites is 1. The zero-order valence-electron chi connectivity index (χ0n) is 13.9. The molecule has 0 fully saturated rings. The highest BCUT2D eigenvalue weighted by Crippen LogP contribution is 2.22. The van der Waals surface area contributed by atoms with Gasteiger partial charge in [0.05, 0.1) is 0 Å². The van der Waals surface area contributed by atoms with Crippen molar-refractivity contribution in [1.82, 2.24) is 10.2 Å². The van der Waals surface area contributed by atoms with Crippen molar-refractivity contribution in [1.29, 1.82) is 0 Å². The summed E-state index contributed by atoms with van der Waals surface area (Å²) in [5.74, 6) is 0.345. The highest BCUT2D eigenvalue weighted by atomic mass is 35.5. The van der Waals surface area contributed by atoms with Gasteiger partial charge >= 0.3 is 0 Å². The summed E-state index contributed by atoms with van der Waals surface area (Å²) in [5.41, 5.74) is 2.97. The Labute approximate surface area is 151 Å². The third kappa shape index (κ3) is 3.95. The molecule has 5 nitrogen and oxygen atoms in total. The number of nitrogens with one attached hydrogen (secondary N) is 1. The first-order valence-corrected chi connectivity index (χ1v) is 8.12. The van der Waals surface area contributed by atoms with E-state index in [-0.39, 0.29) is 11.6 Å². The van der Waals surface area contributed by atoms with Crippen LogP contribution in [0.5, 0.6) is 0 Å². The van der Waals surface area contributed by atoms with E-state index in [1.165, 1.54) is 0 Å². The molecule has 0 aliphatic rings. The lowest BCUT2D eigenvalue weighted by molar-refractivity contribution is 0.0987. The van der Waals surface area contributed by atoms with Gasteiger partial charge in [0.25, 0.3) is 5.91 Å². The molecule has 0 spiro atoms. The van der Waals surface area contributed by atoms with E-state index in [1.54, 1.807) is 30.1 Å². The molecule has 1 aromatic heterocycles. The number of halogens is 1. The van der Waals surface area contributed by atoms with Crippen molar-refractivity contribution in [2.75, 3.05) is 17.3 Å². The summed E-state index contributed by atoms with van der Waals surface area (Å²) >= 11 is 5.96. The minimum absolute atomic E-state index is 0.215. The molecule has 0 saturated heterocycles. The number of carbonyl (C=O) groups excluding carboxylic acids is 1. The Balaban J connectivity index is 1.74. The van der Waals surface area contributed by atoms with E-state index in [2.05, 4.69) is 15.5 Å². The van der Waals surface area contributed by atoms with Crippen LogP contribution in [-0.4, -0.2) is 23.2 Å². The average Bonchev–Trinajstić information content (AvgIpc) is 2.64. The van der Waals surface area contributed by atoms with E-state index < -0.39 is 0 Å². The Morgan fingerprint density at radius 2 is 1.80 bits per heavy atom. The molecule has 1 amide bonds. The van der Waals surface area contributed by atoms with Gasteiger partial charge in [-0.1, -0.05) is 29.8 Å². The summed E-state index contributed by atoms with van der Waals surface area (Å²) in [4.78, 5) is 14.0. The number of hydrogen-bond donors (Lipinski definition) is 1. The van der Waals surface area contributed by atoms with Gasteiger partial charge in [-0.05, 0) is 55.0 Å². The van der Waals surface area contributed by atoms with E-state index in [4.69, 9.17) is 11.6 Å². The second-order valence-corrected chi connectivity index (χ2v) is 6.02. The molecule has 0 atom stereocenters. The first kappa shape index (κ1) is 16.9. The van der Waals surface area contributed by atoms with Crippen LogP contribution in [0.2, 0.25) is 5.02 Å². The highest BCUT2D eigenvalue weighted by Gasteiger charge is 2.15. The molecule has 0 radical (unpaired) electrons. The number of aromatic nitrogens is 2. The maximum absolute atomic E-state index is 12.5. The fourth-order valence-corrected chi connectivity index (χ4v) is 2.59. The van der Waals surface area contributed by atoms with Gasteiger partial charge in [-0.25, -0.2) is 0 Å². The molecule has 1 heterocycles. The quantitative estimate of drug-likeness (QED) is 0.753. The Hall–Kier alpha value is -2.92. The van der Waals surface area contributed by atoms with Gasteiger partial charge in [-0.3, -0.25) is 4.79 Å². The molecule has 2 aromatic carbocycles. The number of rotatable bonds is 4. The van der Waals surface area contributed by atoms with Crippen molar-refractivity contribution >= 4 is 34.7 Å². The SMILES string of the molecule is Cc1cc(Cl)ccc1Nc1ccc(C(=O)N(C)c2ccccc2)nn1. The predicted molar refractivity (Wildman–Crippen MR) is 101 cm³/mol. The monoisotopic (exact) mass is 352 g/mol. The molecule has 0 bridgehead atoms. The maximum Gasteiger partial charge on any atom is 0.278 e. The minimum Gasteiger partial charge on any atom is -0.339 e. The van der Waals surface area contributed by atoms with Gasteiger partial charge in [-0.2, -0.15) is 0 Å². The Morgan fingerprint density at radius 1 is 1.04 bits per heavy atom. The number of benzene rings is 2. The fourth-order valence-electron chi connectivity index (χ4n) is 2.36. The topological polar surface area (TPSA) is 58.1 Å². The molecule has 25 heavy (non-hydrogen) atoms. The van der Waals surface area contributed by atoms with Crippen molar-refractivity contribution < 1.29 is 4.79 Å². The lowest BCUT2D eigenvalue weighted by Crippen LogP contribution is -2.27. The van der Waals surface area contributed by atoms with Gasteiger partial charge < -0.3 is 10.2 Å². The summed E-state index contributed by atoms with van der Waals surface area (Å²) in [6.07, 6.45) is 0. The fraction of sp³-hybridized carbons (Fsp3) is 0.105. The molecule has 6 heteroatoms. The van der Waals surface area contributed by atoms with Crippen molar-refractivity contribution in [2.45, 2.75) is 6.92 Å². The molecule has 126 valence electrons. The van der Waals surface area contributed by atoms with Crippen molar-refractivity contribution in [3.05, 3.63) is 76.9 Å². The number of amides is 1. The molecule has 3 rings (SSSR count). The van der Waals surface area contributed by atoms with E-state index in [0.29, 0.717) is 10.8 Å². The van der Waals surface area contributed by atoms with Crippen LogP contribution in [0.4, 0.5) is 17.2 Å². The lowest BCUT2D eigenvalue weighted by atomic mass is 10.2. The minimum atomic E-state index is -0.215. The van der Waals surface area contributed by atoms with Crippen molar-refractivity contribution in [3.8, 4) is 0 Å². The normalized spacial score (nSPS) is 10.4. The van der Waals surface area contributed by atoms with Gasteiger partial charge in [0.15, 0.2) is 11.5 Å². The molecule has 0 aliphatic heterocycles. The van der Waals surface area contributed by atoms with Gasteiger partial charge in [0, 0.05) is 23.4 Å². The zero-order valence-corrected chi connectivity index (χ0v) is 14.7. The van der Waals surface area contributed by atoms with Crippen LogP contribution in [0.1, 0.15) is 16.1 Å². The summed E-state index contributed by atoms with van der Waals surface area (Å²) in [6.45, 7) is 1.95. The first-order valence-electron chi connectivity index (χ1n) is 7.74. The summed E-state index contributed by atoms with van der Waals surface area (Å²) in [7, 11) is 1.71. The lowest BCUT2D eigenvalue weighted by Gasteiger charge is -2.16. The van der Waals surface area contributed by atoms with Crippen LogP contribution in [0.25, 0.3) is 0 Å². The smallest absolute Gasteiger partial charge is 0.278 e. The molecule has 0 unspecified atom stereocenters. The standard InChI is InChI=1S/C19H17ClN4O/c1-13-12-14(20)8-9-16(13)21-18-11-10-17(22-23-18)19(25)24(2)15-6-4-3-5-7-15/h3-12H,1-2H3,(H,21,23). The number of anilines is 3. The number of carbonyl (C=O) groups is 1. The van der Waals surface area contributed by atoms with E-state index in [1.807, 2.05) is 49.4 Å². The predicted octanol–water partition coefficient (Wildman–Crippen LogP) is 4.46. The first-order chi connectivity index (χ1) is 12.0. The second kappa shape index (κ2) is 7.32. The second-order valence-electron chi connectivity index (χ2n) is 5.59. The molecular weight excluding hydrogens is 336 g/mol. The molecule has 0 saturated carbocycles. The Bertz CT molecular complexity index is 882. The van der Waals surface area contributed by atoms with Crippen LogP contribution < -0.4 is 10.2 Å². The molecule has 1 N–H and O–H groups in total. The average molecular weight is 353 g/mol. The highest BCUT2D eigenvalue weighted by molar-refractivity contribution is 6.30. The van der Waals surface area contributed by atoms with E-state index in [9.17, 15) is 4.79 Å². The Morgan fingerprint density at radius 3 is 2.44 bits per heavy atom. The molecular formula is C19H17ClN4O. The third-order valence-corrected chi connectivity index (χ3v) is 4.02. The summed E-state index contributed by atoms with van der Waals surface area (Å²) in [6, 6.07) is 18.3. The summed E-state index contributed by atoms with van der Waals surface area (Å²) < 4.78 is 0. The largest absolute Gasteiger partial charge is 0.339 e. The van der Waals surface area contributed by atoms with E-state index in [0.717, 1.165) is 16.9 Å². The Kier molecular flexibility index (Phi) is 4.95. The third-order valence-electron chi connectivity index (χ3n) is 3.78. The van der Waals surface area contributed by atoms with Crippen molar-refractivity contribution in [3.63, 3.8) is 0 Å². The summed E-state index contributed by atoms with van der Waals surface area (Å²) in [5, 5.41) is 12.0. The van der Waals surface area contributed by atoms with Gasteiger partial charge in [-0.15, -0.1) is 10.2 Å². The zero-order chi connectivity index (χ0) is 17.8. The van der Waals surface area contributed by atoms with Crippen LogP contribution in [0.3, 0.4) is 0 Å². The van der Waals surface area contributed by atoms with Crippen LogP contribution in [0.15, 0.2) is 60.7 Å². The van der Waals surface area contributed by atoms with Crippen LogP contribution in [-0.2, 0) is 0 Å². The maximum atomic E-state index is 12.5.